The van der Waals surface area contributed by atoms with E-state index in [0.717, 1.165) is 24.2 Å². The predicted octanol–water partition coefficient (Wildman–Crippen LogP) is 5.40. The van der Waals surface area contributed by atoms with Crippen LogP contribution in [0.1, 0.15) is 61.3 Å². The lowest BCUT2D eigenvalue weighted by molar-refractivity contribution is -0.139. The third-order valence-corrected chi connectivity index (χ3v) is 7.13. The van der Waals surface area contributed by atoms with Crippen LogP contribution < -0.4 is 5.32 Å². The van der Waals surface area contributed by atoms with Crippen molar-refractivity contribution in [2.45, 2.75) is 77.3 Å². The Kier molecular flexibility index (Phi) is 9.22. The minimum absolute atomic E-state index is 0.0106. The van der Waals surface area contributed by atoms with Crippen molar-refractivity contribution in [3.05, 3.63) is 70.8 Å². The molecule has 2 amide bonds. The van der Waals surface area contributed by atoms with Crippen molar-refractivity contribution in [1.29, 1.82) is 0 Å². The zero-order valence-electron chi connectivity index (χ0n) is 19.6. The molecule has 1 aliphatic carbocycles. The van der Waals surface area contributed by atoms with Crippen LogP contribution in [0.15, 0.2) is 48.5 Å². The summed E-state index contributed by atoms with van der Waals surface area (Å²) in [7, 11) is 0. The van der Waals surface area contributed by atoms with Crippen molar-refractivity contribution < 1.29 is 9.59 Å². The topological polar surface area (TPSA) is 49.4 Å². The molecule has 32 heavy (non-hydrogen) atoms. The zero-order valence-corrected chi connectivity index (χ0v) is 20.4. The number of carbonyl (C=O) groups excluding carboxylic acids is 2. The van der Waals surface area contributed by atoms with E-state index in [9.17, 15) is 9.59 Å². The Labute approximate surface area is 197 Å². The Morgan fingerprint density at radius 2 is 1.75 bits per heavy atom. The molecule has 4 nitrogen and oxygen atoms in total. The number of aryl methyl sites for hydroxylation is 2. The van der Waals surface area contributed by atoms with Gasteiger partial charge < -0.3 is 10.2 Å². The van der Waals surface area contributed by atoms with Gasteiger partial charge in [-0.15, -0.1) is 11.8 Å². The maximum atomic E-state index is 13.3. The first-order valence-corrected chi connectivity index (χ1v) is 12.9. The summed E-state index contributed by atoms with van der Waals surface area (Å²) in [6, 6.07) is 16.4. The minimum Gasteiger partial charge on any atom is -0.352 e. The van der Waals surface area contributed by atoms with Gasteiger partial charge in [0.05, 0.1) is 5.75 Å². The number of benzene rings is 2. The van der Waals surface area contributed by atoms with Crippen LogP contribution in [-0.4, -0.2) is 34.6 Å². The van der Waals surface area contributed by atoms with E-state index < -0.39 is 6.04 Å². The first kappa shape index (κ1) is 24.4. The van der Waals surface area contributed by atoms with Gasteiger partial charge in [-0.25, -0.2) is 0 Å². The molecule has 0 spiro atoms. The highest BCUT2D eigenvalue weighted by Gasteiger charge is 2.30. The van der Waals surface area contributed by atoms with Gasteiger partial charge in [-0.1, -0.05) is 79.4 Å². The summed E-state index contributed by atoms with van der Waals surface area (Å²) in [4.78, 5) is 28.3. The molecule has 3 rings (SSSR count). The number of rotatable bonds is 10. The lowest BCUT2D eigenvalue weighted by atomic mass is 10.1. The molecular weight excluding hydrogens is 416 g/mol. The molecule has 172 valence electrons. The van der Waals surface area contributed by atoms with Gasteiger partial charge in [0, 0.05) is 18.3 Å². The lowest BCUT2D eigenvalue weighted by Gasteiger charge is -2.31. The van der Waals surface area contributed by atoms with Crippen molar-refractivity contribution in [3.8, 4) is 0 Å². The number of hydrogen-bond donors (Lipinski definition) is 1. The molecule has 2 aromatic rings. The second kappa shape index (κ2) is 12.1. The molecule has 1 aliphatic rings. The number of carbonyl (C=O) groups is 2. The van der Waals surface area contributed by atoms with Gasteiger partial charge in [0.1, 0.15) is 6.04 Å². The largest absolute Gasteiger partial charge is 0.352 e. The van der Waals surface area contributed by atoms with E-state index in [1.165, 1.54) is 29.5 Å². The highest BCUT2D eigenvalue weighted by molar-refractivity contribution is 7.99. The molecule has 2 aromatic carbocycles. The number of nitrogens with one attached hydrogen (secondary N) is 1. The maximum Gasteiger partial charge on any atom is 0.243 e. The van der Waals surface area contributed by atoms with Crippen LogP contribution in [0.5, 0.6) is 0 Å². The van der Waals surface area contributed by atoms with Crippen LogP contribution in [0.2, 0.25) is 0 Å². The van der Waals surface area contributed by atoms with E-state index in [1.807, 2.05) is 6.92 Å². The first-order chi connectivity index (χ1) is 15.5. The van der Waals surface area contributed by atoms with Gasteiger partial charge in [0.25, 0.3) is 0 Å². The van der Waals surface area contributed by atoms with E-state index in [4.69, 9.17) is 0 Å². The molecule has 0 saturated heterocycles. The second-order valence-electron chi connectivity index (χ2n) is 8.90. The molecule has 0 radical (unpaired) electrons. The monoisotopic (exact) mass is 452 g/mol. The van der Waals surface area contributed by atoms with Crippen LogP contribution in [0.3, 0.4) is 0 Å². The summed E-state index contributed by atoms with van der Waals surface area (Å²) in [6.07, 6.45) is 5.03. The quantitative estimate of drug-likeness (QED) is 0.525. The summed E-state index contributed by atoms with van der Waals surface area (Å²) in [6.45, 7) is 6.59. The summed E-state index contributed by atoms with van der Waals surface area (Å²) in [5, 5.41) is 3.21. The van der Waals surface area contributed by atoms with Crippen LogP contribution in [0, 0.1) is 13.8 Å². The van der Waals surface area contributed by atoms with Gasteiger partial charge in [-0.2, -0.15) is 0 Å². The fourth-order valence-electron chi connectivity index (χ4n) is 4.32. The van der Waals surface area contributed by atoms with Crippen LogP contribution in [0.4, 0.5) is 0 Å². The Morgan fingerprint density at radius 3 is 2.41 bits per heavy atom. The SMILES string of the molecule is CCC(C(=O)NC1CCCC1)N(Cc1ccc(C)cc1)C(=O)CSCc1cccc(C)c1. The van der Waals surface area contributed by atoms with Crippen molar-refractivity contribution >= 4 is 23.6 Å². The Balaban J connectivity index is 1.69. The zero-order chi connectivity index (χ0) is 22.9. The molecule has 0 aliphatic heterocycles. The van der Waals surface area contributed by atoms with Gasteiger partial charge in [0.15, 0.2) is 0 Å². The van der Waals surface area contributed by atoms with Gasteiger partial charge in [-0.05, 0) is 44.2 Å². The highest BCUT2D eigenvalue weighted by Crippen LogP contribution is 2.21. The fourth-order valence-corrected chi connectivity index (χ4v) is 5.18. The van der Waals surface area contributed by atoms with E-state index >= 15 is 0 Å². The first-order valence-electron chi connectivity index (χ1n) is 11.7. The number of nitrogens with zero attached hydrogens (tertiary/aromatic N) is 1. The van der Waals surface area contributed by atoms with E-state index in [1.54, 1.807) is 16.7 Å². The molecule has 0 bridgehead atoms. The van der Waals surface area contributed by atoms with Crippen LogP contribution >= 0.6 is 11.8 Å². The second-order valence-corrected chi connectivity index (χ2v) is 9.89. The number of thioether (sulfide) groups is 1. The molecular formula is C27H36N2O2S. The third kappa shape index (κ3) is 7.13. The number of amides is 2. The summed E-state index contributed by atoms with van der Waals surface area (Å²) < 4.78 is 0. The smallest absolute Gasteiger partial charge is 0.243 e. The van der Waals surface area contributed by atoms with Crippen LogP contribution in [0.25, 0.3) is 0 Å². The van der Waals surface area contributed by atoms with Gasteiger partial charge >= 0.3 is 0 Å². The predicted molar refractivity (Wildman–Crippen MR) is 134 cm³/mol. The van der Waals surface area contributed by atoms with E-state index in [-0.39, 0.29) is 17.9 Å². The number of hydrogen-bond acceptors (Lipinski definition) is 3. The Bertz CT molecular complexity index is 891. The molecule has 1 saturated carbocycles. The van der Waals surface area contributed by atoms with Gasteiger partial charge in [-0.3, -0.25) is 9.59 Å². The third-order valence-electron chi connectivity index (χ3n) is 6.14. The van der Waals surface area contributed by atoms with E-state index in [2.05, 4.69) is 67.7 Å². The van der Waals surface area contributed by atoms with Crippen molar-refractivity contribution in [2.75, 3.05) is 5.75 Å². The maximum absolute atomic E-state index is 13.3. The Hall–Kier alpha value is -2.27. The molecule has 1 fully saturated rings. The van der Waals surface area contributed by atoms with Crippen molar-refractivity contribution in [3.63, 3.8) is 0 Å². The fraction of sp³-hybridized carbons (Fsp3) is 0.481. The summed E-state index contributed by atoms with van der Waals surface area (Å²) in [5.41, 5.74) is 4.69. The lowest BCUT2D eigenvalue weighted by Crippen LogP contribution is -2.51. The van der Waals surface area contributed by atoms with Crippen molar-refractivity contribution in [2.24, 2.45) is 0 Å². The molecule has 0 heterocycles. The molecule has 5 heteroatoms. The standard InChI is InChI=1S/C27H36N2O2S/c1-4-25(27(31)28-24-10-5-6-11-24)29(17-22-14-12-20(2)13-15-22)26(30)19-32-18-23-9-7-8-21(3)16-23/h7-9,12-16,24-25H,4-6,10-11,17-19H2,1-3H3,(H,28,31). The molecule has 0 aromatic heterocycles. The highest BCUT2D eigenvalue weighted by atomic mass is 32.2. The minimum atomic E-state index is -0.441. The van der Waals surface area contributed by atoms with Crippen LogP contribution in [-0.2, 0) is 21.9 Å². The van der Waals surface area contributed by atoms with Gasteiger partial charge in [0.2, 0.25) is 11.8 Å². The Morgan fingerprint density at radius 1 is 1.03 bits per heavy atom. The average molecular weight is 453 g/mol. The molecule has 1 atom stereocenters. The summed E-state index contributed by atoms with van der Waals surface area (Å²) in [5.74, 6) is 1.17. The van der Waals surface area contributed by atoms with Crippen molar-refractivity contribution in [1.82, 2.24) is 10.2 Å². The van der Waals surface area contributed by atoms with E-state index in [0.29, 0.717) is 18.7 Å². The summed E-state index contributed by atoms with van der Waals surface area (Å²) >= 11 is 1.61. The molecule has 1 N–H and O–H groups in total. The molecule has 1 unspecified atom stereocenters. The normalized spacial score (nSPS) is 14.8. The average Bonchev–Trinajstić information content (AvgIpc) is 3.28.